The number of nitrogens with one attached hydrogen (secondary N) is 2. The monoisotopic (exact) mass is 548 g/mol. The largest absolute Gasteiger partial charge is 0.491 e. The first-order valence-corrected chi connectivity index (χ1v) is 11.1. The molecule has 178 valence electrons. The van der Waals surface area contributed by atoms with Gasteiger partial charge in [0.2, 0.25) is 0 Å². The summed E-state index contributed by atoms with van der Waals surface area (Å²) in [5.74, 6) is 1.70. The van der Waals surface area contributed by atoms with Crippen molar-refractivity contribution in [2.45, 2.75) is 45.7 Å². The zero-order valence-electron chi connectivity index (χ0n) is 19.8. The van der Waals surface area contributed by atoms with Crippen molar-refractivity contribution in [1.29, 1.82) is 0 Å². The molecular formula is C23H41IN4O3. The molecule has 1 fully saturated rings. The molecule has 0 aliphatic carbocycles. The van der Waals surface area contributed by atoms with E-state index in [0.29, 0.717) is 26.4 Å². The van der Waals surface area contributed by atoms with Crippen molar-refractivity contribution in [3.05, 3.63) is 29.3 Å². The fraction of sp³-hybridized carbons (Fsp3) is 0.696. The molecule has 1 aromatic carbocycles. The van der Waals surface area contributed by atoms with Gasteiger partial charge in [0.15, 0.2) is 5.96 Å². The Morgan fingerprint density at radius 1 is 1.16 bits per heavy atom. The van der Waals surface area contributed by atoms with E-state index < -0.39 is 0 Å². The second-order valence-corrected chi connectivity index (χ2v) is 7.94. The second-order valence-electron chi connectivity index (χ2n) is 7.94. The van der Waals surface area contributed by atoms with Gasteiger partial charge in [-0.2, -0.15) is 0 Å². The molecule has 1 aliphatic heterocycles. The second kappa shape index (κ2) is 14.9. The summed E-state index contributed by atoms with van der Waals surface area (Å²) in [5, 5.41) is 6.92. The van der Waals surface area contributed by atoms with Crippen LogP contribution in [-0.4, -0.2) is 76.6 Å². The lowest BCUT2D eigenvalue weighted by Crippen LogP contribution is -2.57. The molecule has 31 heavy (non-hydrogen) atoms. The Morgan fingerprint density at radius 3 is 2.55 bits per heavy atom. The Balaban J connectivity index is 0.00000480. The van der Waals surface area contributed by atoms with Crippen LogP contribution in [0.4, 0.5) is 0 Å². The minimum absolute atomic E-state index is 0. The molecule has 0 radical (unpaired) electrons. The van der Waals surface area contributed by atoms with Crippen LogP contribution in [0.2, 0.25) is 0 Å². The van der Waals surface area contributed by atoms with Gasteiger partial charge in [0, 0.05) is 44.0 Å². The quantitative estimate of drug-likeness (QED) is 0.192. The van der Waals surface area contributed by atoms with Crippen LogP contribution in [0, 0.1) is 6.92 Å². The molecule has 7 nitrogen and oxygen atoms in total. The van der Waals surface area contributed by atoms with Crippen LogP contribution in [0.3, 0.4) is 0 Å². The Morgan fingerprint density at radius 2 is 1.90 bits per heavy atom. The predicted octanol–water partition coefficient (Wildman–Crippen LogP) is 3.19. The van der Waals surface area contributed by atoms with Gasteiger partial charge in [-0.25, -0.2) is 4.99 Å². The van der Waals surface area contributed by atoms with Crippen molar-refractivity contribution in [3.63, 3.8) is 0 Å². The predicted molar refractivity (Wildman–Crippen MR) is 138 cm³/mol. The van der Waals surface area contributed by atoms with Crippen LogP contribution in [0.25, 0.3) is 0 Å². The van der Waals surface area contributed by atoms with E-state index in [-0.39, 0.29) is 29.5 Å². The van der Waals surface area contributed by atoms with Gasteiger partial charge in [0.1, 0.15) is 12.4 Å². The number of likely N-dealkylation sites (N-methyl/N-ethyl adjacent to an activating group) is 1. The van der Waals surface area contributed by atoms with Gasteiger partial charge >= 0.3 is 0 Å². The fourth-order valence-corrected chi connectivity index (χ4v) is 3.57. The lowest BCUT2D eigenvalue weighted by atomic mass is 9.88. The van der Waals surface area contributed by atoms with Gasteiger partial charge in [-0.15, -0.1) is 24.0 Å². The highest BCUT2D eigenvalue weighted by atomic mass is 127. The molecule has 2 N–H and O–H groups in total. The minimum atomic E-state index is 0. The van der Waals surface area contributed by atoms with E-state index in [1.165, 1.54) is 5.56 Å². The van der Waals surface area contributed by atoms with Crippen LogP contribution in [0.5, 0.6) is 5.75 Å². The van der Waals surface area contributed by atoms with E-state index in [2.05, 4.69) is 61.7 Å². The third kappa shape index (κ3) is 9.11. The number of rotatable bonds is 11. The first-order chi connectivity index (χ1) is 14.5. The van der Waals surface area contributed by atoms with Crippen LogP contribution in [0.15, 0.2) is 23.2 Å². The number of guanidine groups is 1. The summed E-state index contributed by atoms with van der Waals surface area (Å²) in [5.41, 5.74) is 2.33. The fourth-order valence-electron chi connectivity index (χ4n) is 3.57. The maximum absolute atomic E-state index is 5.96. The summed E-state index contributed by atoms with van der Waals surface area (Å²) in [6.45, 7) is 11.8. The van der Waals surface area contributed by atoms with E-state index in [0.717, 1.165) is 56.4 Å². The average Bonchev–Trinajstić information content (AvgIpc) is 2.74. The zero-order chi connectivity index (χ0) is 21.8. The van der Waals surface area contributed by atoms with E-state index in [4.69, 9.17) is 19.2 Å². The van der Waals surface area contributed by atoms with Crippen LogP contribution >= 0.6 is 24.0 Å². The number of aryl methyl sites for hydroxylation is 1. The molecule has 0 spiro atoms. The number of hydrogen-bond donors (Lipinski definition) is 2. The third-order valence-electron chi connectivity index (χ3n) is 5.62. The minimum Gasteiger partial charge on any atom is -0.491 e. The van der Waals surface area contributed by atoms with Gasteiger partial charge in [0.25, 0.3) is 0 Å². The summed E-state index contributed by atoms with van der Waals surface area (Å²) >= 11 is 0. The lowest BCUT2D eigenvalue weighted by molar-refractivity contribution is -0.00501. The van der Waals surface area contributed by atoms with Crippen molar-refractivity contribution in [2.24, 2.45) is 4.99 Å². The third-order valence-corrected chi connectivity index (χ3v) is 5.62. The molecule has 1 heterocycles. The summed E-state index contributed by atoms with van der Waals surface area (Å²) in [6, 6.07) is 6.27. The molecule has 0 unspecified atom stereocenters. The van der Waals surface area contributed by atoms with E-state index in [1.54, 1.807) is 0 Å². The van der Waals surface area contributed by atoms with Gasteiger partial charge in [0.05, 0.1) is 13.2 Å². The van der Waals surface area contributed by atoms with Crippen LogP contribution in [-0.2, 0) is 16.0 Å². The van der Waals surface area contributed by atoms with E-state index in [1.807, 2.05) is 6.92 Å². The van der Waals surface area contributed by atoms with Gasteiger partial charge < -0.3 is 29.7 Å². The molecule has 2 rings (SSSR count). The Hall–Kier alpha value is -1.10. The number of hydrogen-bond acceptors (Lipinski definition) is 5. The van der Waals surface area contributed by atoms with Crippen LogP contribution in [0.1, 0.15) is 37.8 Å². The summed E-state index contributed by atoms with van der Waals surface area (Å²) in [4.78, 5) is 7.14. The molecule has 8 heteroatoms. The number of aliphatic imine (C=N–C) groups is 1. The smallest absolute Gasteiger partial charge is 0.191 e. The van der Waals surface area contributed by atoms with Crippen molar-refractivity contribution in [2.75, 3.05) is 60.2 Å². The first-order valence-electron chi connectivity index (χ1n) is 11.1. The SMILES string of the molecule is CCNC(=NCc1ccc(C)cc1OCCOCC)NCC1(N(C)C)CCOCC1.I. The highest BCUT2D eigenvalue weighted by Gasteiger charge is 2.34. The van der Waals surface area contributed by atoms with Crippen molar-refractivity contribution in [3.8, 4) is 5.75 Å². The van der Waals surface area contributed by atoms with Gasteiger partial charge in [-0.1, -0.05) is 12.1 Å². The van der Waals surface area contributed by atoms with Crippen LogP contribution < -0.4 is 15.4 Å². The molecule has 1 aliphatic rings. The number of ether oxygens (including phenoxy) is 3. The number of benzene rings is 1. The normalized spacial score (nSPS) is 16.0. The Bertz CT molecular complexity index is 664. The molecule has 0 atom stereocenters. The maximum atomic E-state index is 5.96. The average molecular weight is 549 g/mol. The molecule has 1 aromatic rings. The molecule has 1 saturated heterocycles. The van der Waals surface area contributed by atoms with Gasteiger partial charge in [-0.3, -0.25) is 0 Å². The Kier molecular flexibility index (Phi) is 13.4. The lowest BCUT2D eigenvalue weighted by Gasteiger charge is -2.43. The maximum Gasteiger partial charge on any atom is 0.191 e. The molecular weight excluding hydrogens is 507 g/mol. The van der Waals surface area contributed by atoms with Crippen molar-refractivity contribution < 1.29 is 14.2 Å². The highest BCUT2D eigenvalue weighted by Crippen LogP contribution is 2.25. The molecule has 0 saturated carbocycles. The summed E-state index contributed by atoms with van der Waals surface area (Å²) in [6.07, 6.45) is 2.03. The van der Waals surface area contributed by atoms with E-state index in [9.17, 15) is 0 Å². The number of nitrogens with zero attached hydrogens (tertiary/aromatic N) is 2. The first kappa shape index (κ1) is 27.9. The van der Waals surface area contributed by atoms with E-state index >= 15 is 0 Å². The molecule has 0 amide bonds. The summed E-state index contributed by atoms with van der Waals surface area (Å²) in [7, 11) is 4.30. The van der Waals surface area contributed by atoms with Gasteiger partial charge in [-0.05, 0) is 59.3 Å². The topological polar surface area (TPSA) is 67.4 Å². The zero-order valence-corrected chi connectivity index (χ0v) is 22.2. The Labute approximate surface area is 205 Å². The molecule has 0 bridgehead atoms. The standard InChI is InChI=1S/C23H40N4O3.HI/c1-6-24-22(26-18-23(27(4)5)10-12-29-13-11-23)25-17-20-9-8-19(3)16-21(20)30-15-14-28-7-2;/h8-9,16H,6-7,10-15,17-18H2,1-5H3,(H2,24,25,26);1H. The summed E-state index contributed by atoms with van der Waals surface area (Å²) < 4.78 is 16.9. The molecule has 0 aromatic heterocycles. The number of halogens is 1. The van der Waals surface area contributed by atoms with Crippen molar-refractivity contribution >= 4 is 29.9 Å². The van der Waals surface area contributed by atoms with Crippen molar-refractivity contribution in [1.82, 2.24) is 15.5 Å². The highest BCUT2D eigenvalue weighted by molar-refractivity contribution is 14.0.